The minimum Gasteiger partial charge on any atom is -0.481 e. The number of hydrogen-bond acceptors (Lipinski definition) is 6. The lowest BCUT2D eigenvalue weighted by Crippen LogP contribution is -2.28. The summed E-state index contributed by atoms with van der Waals surface area (Å²) in [5, 5.41) is 6.47. The molecular formula is C15H16N4O3S. The number of fused-ring (bicyclic) bond motifs is 1. The number of methoxy groups -OCH3 is 1. The molecule has 23 heavy (non-hydrogen) atoms. The number of anilines is 1. The van der Waals surface area contributed by atoms with E-state index in [1.54, 1.807) is 13.2 Å². The van der Waals surface area contributed by atoms with Gasteiger partial charge in [0, 0.05) is 18.3 Å². The van der Waals surface area contributed by atoms with E-state index in [9.17, 15) is 0 Å². The second-order valence-electron chi connectivity index (χ2n) is 4.87. The monoisotopic (exact) mass is 332 g/mol. The molecule has 1 aliphatic rings. The Morgan fingerprint density at radius 3 is 2.91 bits per heavy atom. The van der Waals surface area contributed by atoms with Crippen LogP contribution in [0.5, 0.6) is 17.4 Å². The molecule has 2 heterocycles. The first-order valence-electron chi connectivity index (χ1n) is 6.97. The summed E-state index contributed by atoms with van der Waals surface area (Å²) in [7, 11) is 1.56. The van der Waals surface area contributed by atoms with Crippen molar-refractivity contribution in [3.05, 3.63) is 35.5 Å². The van der Waals surface area contributed by atoms with Crippen molar-refractivity contribution in [1.29, 1.82) is 0 Å². The highest BCUT2D eigenvalue weighted by molar-refractivity contribution is 7.80. The standard InChI is InChI=1S/C15H16N4O3S/c1-9-5-13(20-2)18-14(17-9)19-15(23)16-7-10-3-4-11-12(6-10)22-8-21-11/h3-6H,7-8H2,1-2H3,(H2,16,17,18,19,23). The summed E-state index contributed by atoms with van der Waals surface area (Å²) in [6.07, 6.45) is 0. The van der Waals surface area contributed by atoms with E-state index in [0.717, 1.165) is 22.8 Å². The molecule has 0 aliphatic carbocycles. The van der Waals surface area contributed by atoms with Crippen LogP contribution in [0.1, 0.15) is 11.3 Å². The van der Waals surface area contributed by atoms with Gasteiger partial charge in [0.25, 0.3) is 0 Å². The molecule has 2 aromatic rings. The van der Waals surface area contributed by atoms with Gasteiger partial charge in [0.1, 0.15) is 0 Å². The van der Waals surface area contributed by atoms with E-state index in [4.69, 9.17) is 26.4 Å². The fourth-order valence-electron chi connectivity index (χ4n) is 2.08. The van der Waals surface area contributed by atoms with E-state index >= 15 is 0 Å². The molecule has 0 fully saturated rings. The molecule has 0 saturated heterocycles. The molecule has 120 valence electrons. The van der Waals surface area contributed by atoms with Crippen molar-refractivity contribution in [3.8, 4) is 17.4 Å². The van der Waals surface area contributed by atoms with E-state index in [1.165, 1.54) is 0 Å². The van der Waals surface area contributed by atoms with Gasteiger partial charge in [-0.2, -0.15) is 4.98 Å². The van der Waals surface area contributed by atoms with Gasteiger partial charge in [0.05, 0.1) is 7.11 Å². The van der Waals surface area contributed by atoms with Crippen LogP contribution in [0.4, 0.5) is 5.95 Å². The first kappa shape index (κ1) is 15.3. The summed E-state index contributed by atoms with van der Waals surface area (Å²) < 4.78 is 15.7. The summed E-state index contributed by atoms with van der Waals surface area (Å²) in [6, 6.07) is 7.50. The second kappa shape index (κ2) is 6.66. The summed E-state index contributed by atoms with van der Waals surface area (Å²) in [6.45, 7) is 2.67. The van der Waals surface area contributed by atoms with E-state index in [0.29, 0.717) is 23.5 Å². The molecule has 1 aromatic heterocycles. The Labute approximate surface area is 139 Å². The Morgan fingerprint density at radius 2 is 2.09 bits per heavy atom. The van der Waals surface area contributed by atoms with Crippen molar-refractivity contribution >= 4 is 23.3 Å². The van der Waals surface area contributed by atoms with Gasteiger partial charge in [-0.1, -0.05) is 6.07 Å². The molecule has 1 aliphatic heterocycles. The SMILES string of the molecule is COc1cc(C)nc(NC(=S)NCc2ccc3c(c2)OCO3)n1. The van der Waals surface area contributed by atoms with Crippen LogP contribution < -0.4 is 24.8 Å². The lowest BCUT2D eigenvalue weighted by molar-refractivity contribution is 0.174. The fourth-order valence-corrected chi connectivity index (χ4v) is 2.24. The van der Waals surface area contributed by atoms with Crippen LogP contribution in [-0.2, 0) is 6.54 Å². The van der Waals surface area contributed by atoms with E-state index < -0.39 is 0 Å². The zero-order chi connectivity index (χ0) is 16.2. The summed E-state index contributed by atoms with van der Waals surface area (Å²) >= 11 is 5.26. The molecule has 0 unspecified atom stereocenters. The van der Waals surface area contributed by atoms with Crippen LogP contribution in [0.15, 0.2) is 24.3 Å². The summed E-state index contributed by atoms with van der Waals surface area (Å²) in [4.78, 5) is 8.44. The Morgan fingerprint density at radius 1 is 1.26 bits per heavy atom. The van der Waals surface area contributed by atoms with Crippen LogP contribution in [0.3, 0.4) is 0 Å². The number of benzene rings is 1. The topological polar surface area (TPSA) is 77.5 Å². The average Bonchev–Trinajstić information content (AvgIpc) is 3.00. The molecule has 0 saturated carbocycles. The van der Waals surface area contributed by atoms with Crippen molar-refractivity contribution < 1.29 is 14.2 Å². The van der Waals surface area contributed by atoms with Gasteiger partial charge < -0.3 is 24.8 Å². The van der Waals surface area contributed by atoms with Gasteiger partial charge in [-0.15, -0.1) is 0 Å². The quantitative estimate of drug-likeness (QED) is 0.824. The number of hydrogen-bond donors (Lipinski definition) is 2. The Kier molecular flexibility index (Phi) is 4.42. The van der Waals surface area contributed by atoms with Crippen molar-refractivity contribution in [2.24, 2.45) is 0 Å². The number of rotatable bonds is 4. The van der Waals surface area contributed by atoms with Crippen molar-refractivity contribution in [3.63, 3.8) is 0 Å². The third-order valence-electron chi connectivity index (χ3n) is 3.16. The van der Waals surface area contributed by atoms with Crippen LogP contribution in [0.25, 0.3) is 0 Å². The molecule has 0 bridgehead atoms. The zero-order valence-electron chi connectivity index (χ0n) is 12.8. The predicted molar refractivity (Wildman–Crippen MR) is 88.9 cm³/mol. The Bertz CT molecular complexity index is 739. The molecule has 0 spiro atoms. The van der Waals surface area contributed by atoms with Gasteiger partial charge >= 0.3 is 0 Å². The van der Waals surface area contributed by atoms with E-state index in [2.05, 4.69) is 20.6 Å². The molecule has 0 amide bonds. The van der Waals surface area contributed by atoms with Crippen LogP contribution >= 0.6 is 12.2 Å². The van der Waals surface area contributed by atoms with Crippen molar-refractivity contribution in [2.45, 2.75) is 13.5 Å². The summed E-state index contributed by atoms with van der Waals surface area (Å²) in [5.41, 5.74) is 1.82. The van der Waals surface area contributed by atoms with Gasteiger partial charge in [-0.05, 0) is 36.8 Å². The molecule has 0 radical (unpaired) electrons. The third kappa shape index (κ3) is 3.78. The fraction of sp³-hybridized carbons (Fsp3) is 0.267. The Hall–Kier alpha value is -2.61. The molecule has 7 nitrogen and oxygen atoms in total. The maximum atomic E-state index is 5.35. The van der Waals surface area contributed by atoms with Crippen LogP contribution in [-0.4, -0.2) is 29.0 Å². The van der Waals surface area contributed by atoms with E-state index in [-0.39, 0.29) is 6.79 Å². The zero-order valence-corrected chi connectivity index (χ0v) is 13.6. The smallest absolute Gasteiger partial charge is 0.232 e. The third-order valence-corrected chi connectivity index (χ3v) is 3.40. The number of thiocarbonyl (C=S) groups is 1. The Balaban J connectivity index is 1.58. The van der Waals surface area contributed by atoms with Crippen LogP contribution in [0.2, 0.25) is 0 Å². The molecule has 0 atom stereocenters. The number of aromatic nitrogens is 2. The minimum atomic E-state index is 0.263. The number of nitrogens with one attached hydrogen (secondary N) is 2. The van der Waals surface area contributed by atoms with Gasteiger partial charge in [-0.3, -0.25) is 0 Å². The lowest BCUT2D eigenvalue weighted by Gasteiger charge is -2.11. The maximum Gasteiger partial charge on any atom is 0.232 e. The molecular weight excluding hydrogens is 316 g/mol. The van der Waals surface area contributed by atoms with Gasteiger partial charge in [-0.25, -0.2) is 4.98 Å². The summed E-state index contributed by atoms with van der Waals surface area (Å²) in [5.74, 6) is 2.38. The molecule has 2 N–H and O–H groups in total. The molecule has 8 heteroatoms. The number of ether oxygens (including phenoxy) is 3. The first-order valence-corrected chi connectivity index (χ1v) is 7.38. The van der Waals surface area contributed by atoms with Gasteiger partial charge in [0.15, 0.2) is 16.6 Å². The average molecular weight is 332 g/mol. The number of aryl methyl sites for hydroxylation is 1. The largest absolute Gasteiger partial charge is 0.481 e. The highest BCUT2D eigenvalue weighted by Crippen LogP contribution is 2.32. The van der Waals surface area contributed by atoms with Crippen molar-refractivity contribution in [2.75, 3.05) is 19.2 Å². The maximum absolute atomic E-state index is 5.35. The first-order chi connectivity index (χ1) is 11.1. The van der Waals surface area contributed by atoms with Crippen LogP contribution in [0, 0.1) is 6.92 Å². The highest BCUT2D eigenvalue weighted by Gasteiger charge is 2.13. The van der Waals surface area contributed by atoms with Gasteiger partial charge in [0.2, 0.25) is 18.6 Å². The predicted octanol–water partition coefficient (Wildman–Crippen LogP) is 2.01. The number of nitrogens with zero attached hydrogens (tertiary/aromatic N) is 2. The van der Waals surface area contributed by atoms with E-state index in [1.807, 2.05) is 25.1 Å². The normalized spacial score (nSPS) is 11.9. The molecule has 3 rings (SSSR count). The highest BCUT2D eigenvalue weighted by atomic mass is 32.1. The molecule has 1 aromatic carbocycles. The lowest BCUT2D eigenvalue weighted by atomic mass is 10.2. The second-order valence-corrected chi connectivity index (χ2v) is 5.28. The van der Waals surface area contributed by atoms with Crippen molar-refractivity contribution in [1.82, 2.24) is 15.3 Å². The minimum absolute atomic E-state index is 0.263.